The number of rotatable bonds is 7. The number of carbonyl (C=O) groups is 1. The predicted octanol–water partition coefficient (Wildman–Crippen LogP) is 4.79. The Labute approximate surface area is 179 Å². The van der Waals surface area contributed by atoms with Crippen molar-refractivity contribution in [1.82, 2.24) is 4.90 Å². The zero-order chi connectivity index (χ0) is 22.4. The molecule has 0 atom stereocenters. The molecule has 0 bridgehead atoms. The van der Waals surface area contributed by atoms with Gasteiger partial charge in [-0.3, -0.25) is 4.79 Å². The third kappa shape index (κ3) is 6.13. The number of piperidine rings is 1. The van der Waals surface area contributed by atoms with Crippen LogP contribution in [-0.2, 0) is 17.5 Å². The van der Waals surface area contributed by atoms with E-state index in [1.807, 2.05) is 12.1 Å². The summed E-state index contributed by atoms with van der Waals surface area (Å²) in [7, 11) is 3.18. The number of hydrogen-bond donors (Lipinski definition) is 0. The van der Waals surface area contributed by atoms with Crippen LogP contribution in [0.1, 0.15) is 34.3 Å². The molecule has 1 amide bonds. The fourth-order valence-corrected chi connectivity index (χ4v) is 3.61. The van der Waals surface area contributed by atoms with Gasteiger partial charge in [0.1, 0.15) is 11.5 Å². The number of benzene rings is 2. The minimum atomic E-state index is -4.46. The van der Waals surface area contributed by atoms with Gasteiger partial charge in [-0.2, -0.15) is 13.2 Å². The lowest BCUT2D eigenvalue weighted by Crippen LogP contribution is -2.39. The molecule has 168 valence electrons. The Morgan fingerprint density at radius 3 is 2.26 bits per heavy atom. The van der Waals surface area contributed by atoms with E-state index in [4.69, 9.17) is 14.2 Å². The molecule has 8 heteroatoms. The molecule has 0 N–H and O–H groups in total. The molecule has 1 saturated heterocycles. The van der Waals surface area contributed by atoms with E-state index in [-0.39, 0.29) is 17.4 Å². The van der Waals surface area contributed by atoms with Gasteiger partial charge in [0.2, 0.25) is 0 Å². The number of ether oxygens (including phenoxy) is 3. The summed E-state index contributed by atoms with van der Waals surface area (Å²) in [4.78, 5) is 14.2. The summed E-state index contributed by atoms with van der Waals surface area (Å²) in [6.07, 6.45) is -2.98. The second-order valence-electron chi connectivity index (χ2n) is 7.55. The van der Waals surface area contributed by atoms with Gasteiger partial charge in [0.15, 0.2) is 0 Å². The Morgan fingerprint density at radius 1 is 1.03 bits per heavy atom. The smallest absolute Gasteiger partial charge is 0.416 e. The molecule has 0 radical (unpaired) electrons. The molecule has 5 nitrogen and oxygen atoms in total. The summed E-state index contributed by atoms with van der Waals surface area (Å²) in [5, 5.41) is 0. The van der Waals surface area contributed by atoms with Gasteiger partial charge in [-0.1, -0.05) is 6.07 Å². The van der Waals surface area contributed by atoms with Crippen molar-refractivity contribution in [3.63, 3.8) is 0 Å². The van der Waals surface area contributed by atoms with E-state index in [1.54, 1.807) is 25.2 Å². The number of hydrogen-bond acceptors (Lipinski definition) is 4. The Kier molecular flexibility index (Phi) is 7.43. The maximum Gasteiger partial charge on any atom is 0.416 e. The van der Waals surface area contributed by atoms with Crippen LogP contribution >= 0.6 is 0 Å². The van der Waals surface area contributed by atoms with Crippen LogP contribution in [0.4, 0.5) is 13.2 Å². The zero-order valence-electron chi connectivity index (χ0n) is 17.6. The first-order chi connectivity index (χ1) is 14.8. The monoisotopic (exact) mass is 437 g/mol. The van der Waals surface area contributed by atoms with Crippen LogP contribution in [0.2, 0.25) is 0 Å². The number of nitrogens with zero attached hydrogens (tertiary/aromatic N) is 1. The lowest BCUT2D eigenvalue weighted by Gasteiger charge is -2.32. The average Bonchev–Trinajstić information content (AvgIpc) is 2.78. The van der Waals surface area contributed by atoms with E-state index >= 15 is 0 Å². The maximum absolute atomic E-state index is 12.9. The second-order valence-corrected chi connectivity index (χ2v) is 7.55. The van der Waals surface area contributed by atoms with Crippen LogP contribution in [0, 0.1) is 5.92 Å². The molecule has 2 aromatic rings. The first kappa shape index (κ1) is 22.9. The Bertz CT molecular complexity index is 870. The molecule has 31 heavy (non-hydrogen) atoms. The highest BCUT2D eigenvalue weighted by atomic mass is 19.4. The number of methoxy groups -OCH3 is 2. The fourth-order valence-electron chi connectivity index (χ4n) is 3.61. The van der Waals surface area contributed by atoms with E-state index in [0.29, 0.717) is 37.8 Å². The van der Waals surface area contributed by atoms with Crippen molar-refractivity contribution in [3.05, 3.63) is 59.2 Å². The molecule has 0 saturated carbocycles. The van der Waals surface area contributed by atoms with E-state index in [2.05, 4.69) is 0 Å². The highest BCUT2D eigenvalue weighted by Gasteiger charge is 2.32. The fraction of sp³-hybridized carbons (Fsp3) is 0.435. The molecule has 1 heterocycles. The third-order valence-electron chi connectivity index (χ3n) is 5.37. The van der Waals surface area contributed by atoms with Crippen molar-refractivity contribution in [2.75, 3.05) is 33.9 Å². The minimum Gasteiger partial charge on any atom is -0.497 e. The van der Waals surface area contributed by atoms with Crippen LogP contribution in [0.25, 0.3) is 0 Å². The Morgan fingerprint density at radius 2 is 1.68 bits per heavy atom. The standard InChI is InChI=1S/C23H26F3NO4/c1-29-20-10-17(11-21(13-20)30-2)15-31-14-16-6-8-27(9-7-16)22(28)18-4-3-5-19(12-18)23(24,25)26/h3-5,10-13,16H,6-9,14-15H2,1-2H3. The summed E-state index contributed by atoms with van der Waals surface area (Å²) in [6, 6.07) is 10.1. The number of carbonyl (C=O) groups excluding carboxylic acids is 1. The molecule has 0 aromatic heterocycles. The van der Waals surface area contributed by atoms with Gasteiger partial charge >= 0.3 is 6.18 Å². The van der Waals surface area contributed by atoms with Crippen molar-refractivity contribution < 1.29 is 32.2 Å². The molecular formula is C23H26F3NO4. The highest BCUT2D eigenvalue weighted by molar-refractivity contribution is 5.94. The molecule has 1 aliphatic heterocycles. The molecule has 0 aliphatic carbocycles. The molecule has 1 fully saturated rings. The largest absolute Gasteiger partial charge is 0.497 e. The Balaban J connectivity index is 1.48. The lowest BCUT2D eigenvalue weighted by molar-refractivity contribution is -0.137. The molecule has 2 aromatic carbocycles. The van der Waals surface area contributed by atoms with E-state index in [9.17, 15) is 18.0 Å². The maximum atomic E-state index is 12.9. The highest BCUT2D eigenvalue weighted by Crippen LogP contribution is 2.30. The normalized spacial score (nSPS) is 15.1. The van der Waals surface area contributed by atoms with E-state index in [1.165, 1.54) is 12.1 Å². The summed E-state index contributed by atoms with van der Waals surface area (Å²) in [5.74, 6) is 1.31. The number of amides is 1. The van der Waals surface area contributed by atoms with Crippen LogP contribution in [-0.4, -0.2) is 44.7 Å². The van der Waals surface area contributed by atoms with E-state index in [0.717, 1.165) is 30.5 Å². The molecule has 0 unspecified atom stereocenters. The number of likely N-dealkylation sites (tertiary alicyclic amines) is 1. The molecule has 0 spiro atoms. The van der Waals surface area contributed by atoms with Crippen molar-refractivity contribution in [2.45, 2.75) is 25.6 Å². The SMILES string of the molecule is COc1cc(COCC2CCN(C(=O)c3cccc(C(F)(F)F)c3)CC2)cc(OC)c1. The number of alkyl halides is 3. The first-order valence-corrected chi connectivity index (χ1v) is 10.1. The van der Waals surface area contributed by atoms with Gasteiger partial charge in [-0.25, -0.2) is 0 Å². The first-order valence-electron chi connectivity index (χ1n) is 10.1. The third-order valence-corrected chi connectivity index (χ3v) is 5.37. The lowest BCUT2D eigenvalue weighted by atomic mass is 9.97. The van der Waals surface area contributed by atoms with Gasteiger partial charge in [0, 0.05) is 31.3 Å². The van der Waals surface area contributed by atoms with Crippen LogP contribution in [0.3, 0.4) is 0 Å². The van der Waals surface area contributed by atoms with Crippen molar-refractivity contribution in [2.24, 2.45) is 5.92 Å². The minimum absolute atomic E-state index is 0.0662. The molecular weight excluding hydrogens is 411 g/mol. The van der Waals surface area contributed by atoms with Gasteiger partial charge < -0.3 is 19.1 Å². The topological polar surface area (TPSA) is 48.0 Å². The van der Waals surface area contributed by atoms with Crippen LogP contribution in [0.15, 0.2) is 42.5 Å². The van der Waals surface area contributed by atoms with Gasteiger partial charge in [-0.05, 0) is 54.7 Å². The number of halogens is 3. The van der Waals surface area contributed by atoms with Gasteiger partial charge in [0.05, 0.1) is 26.4 Å². The summed E-state index contributed by atoms with van der Waals surface area (Å²) in [5.41, 5.74) is 0.195. The quantitative estimate of drug-likeness (QED) is 0.625. The van der Waals surface area contributed by atoms with Crippen molar-refractivity contribution >= 4 is 5.91 Å². The zero-order valence-corrected chi connectivity index (χ0v) is 17.6. The van der Waals surface area contributed by atoms with Gasteiger partial charge in [0.25, 0.3) is 5.91 Å². The van der Waals surface area contributed by atoms with Gasteiger partial charge in [-0.15, -0.1) is 0 Å². The van der Waals surface area contributed by atoms with Crippen molar-refractivity contribution in [3.8, 4) is 11.5 Å². The summed E-state index contributed by atoms with van der Waals surface area (Å²) < 4.78 is 55.1. The Hall–Kier alpha value is -2.74. The summed E-state index contributed by atoms with van der Waals surface area (Å²) in [6.45, 7) is 1.95. The summed E-state index contributed by atoms with van der Waals surface area (Å²) >= 11 is 0. The molecule has 3 rings (SSSR count). The van der Waals surface area contributed by atoms with Crippen LogP contribution < -0.4 is 9.47 Å². The van der Waals surface area contributed by atoms with E-state index < -0.39 is 11.7 Å². The molecule has 1 aliphatic rings. The van der Waals surface area contributed by atoms with Crippen LogP contribution in [0.5, 0.6) is 11.5 Å². The average molecular weight is 437 g/mol. The second kappa shape index (κ2) is 10.0. The predicted molar refractivity (Wildman–Crippen MR) is 109 cm³/mol. The van der Waals surface area contributed by atoms with Crippen molar-refractivity contribution in [1.29, 1.82) is 0 Å².